The summed E-state index contributed by atoms with van der Waals surface area (Å²) in [7, 11) is 0. The number of halogens is 2. The first-order valence-electron chi connectivity index (χ1n) is 4.65. The fourth-order valence-corrected chi connectivity index (χ4v) is 2.00. The van der Waals surface area contributed by atoms with Crippen molar-refractivity contribution >= 4 is 33.3 Å². The zero-order valence-electron chi connectivity index (χ0n) is 8.46. The van der Waals surface area contributed by atoms with E-state index in [2.05, 4.69) is 15.9 Å². The maximum absolute atomic E-state index is 11.1. The van der Waals surface area contributed by atoms with Gasteiger partial charge in [-0.15, -0.1) is 0 Å². The Morgan fingerprint density at radius 2 is 2.06 bits per heavy atom. The van der Waals surface area contributed by atoms with E-state index in [9.17, 15) is 4.79 Å². The Bertz CT molecular complexity index is 546. The van der Waals surface area contributed by atoms with Crippen LogP contribution < -0.4 is 0 Å². The SMILES string of the molecule is CC(=O)c1ccc(-c2cccc(Cl)c2Br)o1. The number of benzene rings is 1. The number of hydrogen-bond acceptors (Lipinski definition) is 2. The lowest BCUT2D eigenvalue weighted by atomic mass is 10.2. The molecule has 0 bridgehead atoms. The predicted molar refractivity (Wildman–Crippen MR) is 66.9 cm³/mol. The second kappa shape index (κ2) is 4.44. The molecule has 0 atom stereocenters. The van der Waals surface area contributed by atoms with Crippen LogP contribution in [-0.2, 0) is 0 Å². The van der Waals surface area contributed by atoms with Crippen molar-refractivity contribution in [2.75, 3.05) is 0 Å². The van der Waals surface area contributed by atoms with Crippen LogP contribution in [0.1, 0.15) is 17.5 Å². The third-order valence-corrected chi connectivity index (χ3v) is 3.57. The smallest absolute Gasteiger partial charge is 0.194 e. The Morgan fingerprint density at radius 1 is 1.31 bits per heavy atom. The van der Waals surface area contributed by atoms with Gasteiger partial charge in [-0.3, -0.25) is 4.79 Å². The summed E-state index contributed by atoms with van der Waals surface area (Å²) in [6, 6.07) is 8.90. The molecule has 1 heterocycles. The molecule has 16 heavy (non-hydrogen) atoms. The molecule has 4 heteroatoms. The van der Waals surface area contributed by atoms with E-state index in [4.69, 9.17) is 16.0 Å². The fraction of sp³-hybridized carbons (Fsp3) is 0.0833. The molecule has 0 spiro atoms. The van der Waals surface area contributed by atoms with Crippen LogP contribution in [0.3, 0.4) is 0 Å². The summed E-state index contributed by atoms with van der Waals surface area (Å²) in [5.41, 5.74) is 0.833. The summed E-state index contributed by atoms with van der Waals surface area (Å²) in [4.78, 5) is 11.1. The molecule has 0 amide bonds. The van der Waals surface area contributed by atoms with Crippen LogP contribution in [0.4, 0.5) is 0 Å². The van der Waals surface area contributed by atoms with Gasteiger partial charge >= 0.3 is 0 Å². The average molecular weight is 300 g/mol. The molecule has 1 aromatic carbocycles. The third-order valence-electron chi connectivity index (χ3n) is 2.17. The number of hydrogen-bond donors (Lipinski definition) is 0. The molecule has 2 rings (SSSR count). The largest absolute Gasteiger partial charge is 0.453 e. The highest BCUT2D eigenvalue weighted by molar-refractivity contribution is 9.10. The first-order valence-corrected chi connectivity index (χ1v) is 5.82. The van der Waals surface area contributed by atoms with E-state index in [0.29, 0.717) is 16.5 Å². The minimum absolute atomic E-state index is 0.0931. The Morgan fingerprint density at radius 3 is 2.69 bits per heavy atom. The molecule has 0 aliphatic carbocycles. The van der Waals surface area contributed by atoms with Crippen molar-refractivity contribution in [3.63, 3.8) is 0 Å². The van der Waals surface area contributed by atoms with Crippen LogP contribution in [0.5, 0.6) is 0 Å². The van der Waals surface area contributed by atoms with Crippen molar-refractivity contribution in [2.24, 2.45) is 0 Å². The Hall–Kier alpha value is -1.06. The molecule has 0 saturated carbocycles. The Kier molecular flexibility index (Phi) is 3.17. The second-order valence-electron chi connectivity index (χ2n) is 3.32. The van der Waals surface area contributed by atoms with Crippen LogP contribution >= 0.6 is 27.5 Å². The quantitative estimate of drug-likeness (QED) is 0.761. The highest BCUT2D eigenvalue weighted by atomic mass is 79.9. The van der Waals surface area contributed by atoms with Crippen LogP contribution in [0.15, 0.2) is 39.2 Å². The molecule has 0 radical (unpaired) electrons. The van der Waals surface area contributed by atoms with Gasteiger partial charge in [0.15, 0.2) is 11.5 Å². The van der Waals surface area contributed by atoms with Crippen molar-refractivity contribution in [2.45, 2.75) is 6.92 Å². The summed E-state index contributed by atoms with van der Waals surface area (Å²) < 4.78 is 6.19. The van der Waals surface area contributed by atoms with E-state index in [-0.39, 0.29) is 5.78 Å². The van der Waals surface area contributed by atoms with Gasteiger partial charge in [-0.2, -0.15) is 0 Å². The molecule has 2 nitrogen and oxygen atoms in total. The molecule has 0 unspecified atom stereocenters. The van der Waals surface area contributed by atoms with Gasteiger partial charge in [0.25, 0.3) is 0 Å². The third kappa shape index (κ3) is 2.06. The standard InChI is InChI=1S/C12H8BrClO2/c1-7(15)10-5-6-11(16-10)8-3-2-4-9(14)12(8)13/h2-6H,1H3. The van der Waals surface area contributed by atoms with Gasteiger partial charge in [0.1, 0.15) is 5.76 Å². The minimum atomic E-state index is -0.0931. The number of carbonyl (C=O) groups excluding carboxylic acids is 1. The number of carbonyl (C=O) groups is 1. The highest BCUT2D eigenvalue weighted by Gasteiger charge is 2.11. The van der Waals surface area contributed by atoms with E-state index in [1.165, 1.54) is 6.92 Å². The molecule has 2 aromatic rings. The molecule has 1 aromatic heterocycles. The van der Waals surface area contributed by atoms with Crippen molar-refractivity contribution in [3.05, 3.63) is 45.6 Å². The lowest BCUT2D eigenvalue weighted by Gasteiger charge is -2.02. The molecule has 0 aliphatic rings. The van der Waals surface area contributed by atoms with Gasteiger partial charge in [-0.1, -0.05) is 17.7 Å². The number of Topliss-reactive ketones (excluding diaryl/α,β-unsaturated/α-hetero) is 1. The van der Waals surface area contributed by atoms with Crippen molar-refractivity contribution in [1.82, 2.24) is 0 Å². The molecule has 0 saturated heterocycles. The first kappa shape index (κ1) is 11.4. The van der Waals surface area contributed by atoms with Crippen molar-refractivity contribution in [1.29, 1.82) is 0 Å². The lowest BCUT2D eigenvalue weighted by Crippen LogP contribution is -1.86. The fourth-order valence-electron chi connectivity index (χ4n) is 1.37. The minimum Gasteiger partial charge on any atom is -0.453 e. The molecule has 0 aliphatic heterocycles. The number of rotatable bonds is 2. The van der Waals surface area contributed by atoms with E-state index >= 15 is 0 Å². The molecule has 0 N–H and O–H groups in total. The van der Waals surface area contributed by atoms with E-state index in [1.807, 2.05) is 12.1 Å². The van der Waals surface area contributed by atoms with Gasteiger partial charge < -0.3 is 4.42 Å². The van der Waals surface area contributed by atoms with Crippen molar-refractivity contribution in [3.8, 4) is 11.3 Å². The van der Waals surface area contributed by atoms with E-state index < -0.39 is 0 Å². The van der Waals surface area contributed by atoms with Gasteiger partial charge in [-0.25, -0.2) is 0 Å². The Balaban J connectivity index is 2.50. The maximum atomic E-state index is 11.1. The monoisotopic (exact) mass is 298 g/mol. The summed E-state index contributed by atoms with van der Waals surface area (Å²) in [6.07, 6.45) is 0. The summed E-state index contributed by atoms with van der Waals surface area (Å²) in [5.74, 6) is 0.880. The predicted octanol–water partition coefficient (Wildman–Crippen LogP) is 4.57. The summed E-state index contributed by atoms with van der Waals surface area (Å²) >= 11 is 9.36. The lowest BCUT2D eigenvalue weighted by molar-refractivity contribution is 0.0988. The van der Waals surface area contributed by atoms with Crippen LogP contribution in [-0.4, -0.2) is 5.78 Å². The van der Waals surface area contributed by atoms with E-state index in [0.717, 1.165) is 10.0 Å². The second-order valence-corrected chi connectivity index (χ2v) is 4.52. The van der Waals surface area contributed by atoms with Gasteiger partial charge in [-0.05, 0) is 40.2 Å². The molecule has 82 valence electrons. The Labute approximate surface area is 106 Å². The van der Waals surface area contributed by atoms with Gasteiger partial charge in [0.05, 0.1) is 5.02 Å². The summed E-state index contributed by atoms with van der Waals surface area (Å²) in [6.45, 7) is 1.47. The normalized spacial score (nSPS) is 10.4. The number of ketones is 1. The molecular weight excluding hydrogens is 291 g/mol. The topological polar surface area (TPSA) is 30.2 Å². The van der Waals surface area contributed by atoms with E-state index in [1.54, 1.807) is 18.2 Å². The van der Waals surface area contributed by atoms with Crippen molar-refractivity contribution < 1.29 is 9.21 Å². The highest BCUT2D eigenvalue weighted by Crippen LogP contribution is 2.34. The van der Waals surface area contributed by atoms with Crippen LogP contribution in [0.2, 0.25) is 5.02 Å². The maximum Gasteiger partial charge on any atom is 0.194 e. The zero-order chi connectivity index (χ0) is 11.7. The molecular formula is C12H8BrClO2. The number of furan rings is 1. The van der Waals surface area contributed by atoms with Crippen LogP contribution in [0, 0.1) is 0 Å². The summed E-state index contributed by atoms with van der Waals surface area (Å²) in [5, 5.41) is 0.610. The average Bonchev–Trinajstić information content (AvgIpc) is 2.71. The zero-order valence-corrected chi connectivity index (χ0v) is 10.8. The van der Waals surface area contributed by atoms with Gasteiger partial charge in [0, 0.05) is 17.0 Å². The van der Waals surface area contributed by atoms with Gasteiger partial charge in [0.2, 0.25) is 0 Å². The van der Waals surface area contributed by atoms with Crippen LogP contribution in [0.25, 0.3) is 11.3 Å². The first-order chi connectivity index (χ1) is 7.59. The molecule has 0 fully saturated rings.